The Bertz CT molecular complexity index is 1100. The molecular weight excluding hydrogens is 469 g/mol. The second kappa shape index (κ2) is 12.0. The largest absolute Gasteiger partial charge is 0.497 e. The standard InChI is InChI=1S/C17H22N4O4S.C2HF3O2/c1-10(16(18)23)19-6-7-21-13(9-15(22)20-17(21)26)12-5-4-11(24-2)8-14(12)25-3;3-2(4,5)1(6)7/h4-5,8-10,19H,6-7H2,1-3H3,(H2,18,23)(H,20,22,26);(H,6,7)/t10-;/m0./s1. The molecule has 33 heavy (non-hydrogen) atoms. The van der Waals surface area contributed by atoms with Gasteiger partial charge in [-0.2, -0.15) is 13.2 Å². The predicted molar refractivity (Wildman–Crippen MR) is 115 cm³/mol. The van der Waals surface area contributed by atoms with Crippen molar-refractivity contribution in [2.24, 2.45) is 5.73 Å². The van der Waals surface area contributed by atoms with E-state index in [9.17, 15) is 22.8 Å². The van der Waals surface area contributed by atoms with Gasteiger partial charge in [0.25, 0.3) is 5.56 Å². The van der Waals surface area contributed by atoms with E-state index < -0.39 is 24.1 Å². The van der Waals surface area contributed by atoms with E-state index in [1.807, 2.05) is 0 Å². The molecule has 2 rings (SSSR count). The van der Waals surface area contributed by atoms with E-state index in [1.54, 1.807) is 43.9 Å². The summed E-state index contributed by atoms with van der Waals surface area (Å²) in [4.78, 5) is 34.6. The zero-order chi connectivity index (χ0) is 25.3. The molecule has 182 valence electrons. The van der Waals surface area contributed by atoms with Crippen LogP contribution in [-0.2, 0) is 16.1 Å². The van der Waals surface area contributed by atoms with Crippen LogP contribution in [0.2, 0.25) is 0 Å². The van der Waals surface area contributed by atoms with Crippen LogP contribution < -0.4 is 26.1 Å². The lowest BCUT2D eigenvalue weighted by atomic mass is 10.1. The number of hydrogen-bond donors (Lipinski definition) is 4. The fourth-order valence-electron chi connectivity index (χ4n) is 2.47. The molecule has 0 aliphatic rings. The van der Waals surface area contributed by atoms with Crippen LogP contribution in [0.1, 0.15) is 6.92 Å². The van der Waals surface area contributed by atoms with Crippen molar-refractivity contribution >= 4 is 24.1 Å². The first kappa shape index (κ1) is 27.6. The molecule has 0 saturated carbocycles. The molecule has 1 aromatic heterocycles. The summed E-state index contributed by atoms with van der Waals surface area (Å²) in [5.74, 6) is -2.01. The quantitative estimate of drug-likeness (QED) is 0.407. The number of nitrogens with two attached hydrogens (primary N) is 1. The third-order valence-corrected chi connectivity index (χ3v) is 4.50. The highest BCUT2D eigenvalue weighted by molar-refractivity contribution is 7.71. The second-order valence-electron chi connectivity index (χ2n) is 6.42. The summed E-state index contributed by atoms with van der Waals surface area (Å²) in [5, 5.41) is 10.1. The number of nitrogens with one attached hydrogen (secondary N) is 2. The number of alkyl halides is 3. The normalized spacial score (nSPS) is 11.7. The minimum absolute atomic E-state index is 0.277. The van der Waals surface area contributed by atoms with Crippen LogP contribution in [0.3, 0.4) is 0 Å². The van der Waals surface area contributed by atoms with Gasteiger partial charge in [-0.3, -0.25) is 14.6 Å². The fraction of sp³-hybridized carbons (Fsp3) is 0.368. The van der Waals surface area contributed by atoms with E-state index in [0.29, 0.717) is 35.8 Å². The number of ether oxygens (including phenoxy) is 2. The summed E-state index contributed by atoms with van der Waals surface area (Å²) in [6.07, 6.45) is -5.08. The first-order valence-corrected chi connectivity index (χ1v) is 9.62. The number of carbonyl (C=O) groups excluding carboxylic acids is 1. The van der Waals surface area contributed by atoms with E-state index in [4.69, 9.17) is 37.3 Å². The number of aromatic nitrogens is 2. The van der Waals surface area contributed by atoms with Gasteiger partial charge in [0.05, 0.1) is 26.0 Å². The zero-order valence-corrected chi connectivity index (χ0v) is 18.7. The predicted octanol–water partition coefficient (Wildman–Crippen LogP) is 1.69. The SMILES string of the molecule is COc1ccc(-c2cc(=O)[nH]c(=S)n2CCN[C@@H](C)C(N)=O)c(OC)c1.O=C(O)C(F)(F)F. The first-order valence-electron chi connectivity index (χ1n) is 9.21. The van der Waals surface area contributed by atoms with Crippen molar-refractivity contribution in [2.75, 3.05) is 20.8 Å². The summed E-state index contributed by atoms with van der Waals surface area (Å²) < 4.78 is 44.4. The molecular formula is C19H23F3N4O6S. The maximum Gasteiger partial charge on any atom is 0.490 e. The van der Waals surface area contributed by atoms with Crippen molar-refractivity contribution in [3.05, 3.63) is 39.4 Å². The molecule has 1 aromatic carbocycles. The minimum atomic E-state index is -5.08. The Labute approximate surface area is 191 Å². The van der Waals surface area contributed by atoms with Gasteiger partial charge in [-0.1, -0.05) is 0 Å². The van der Waals surface area contributed by atoms with Crippen molar-refractivity contribution in [3.63, 3.8) is 0 Å². The Morgan fingerprint density at radius 3 is 2.36 bits per heavy atom. The van der Waals surface area contributed by atoms with Gasteiger partial charge in [-0.05, 0) is 31.3 Å². The Balaban J connectivity index is 0.000000675. The van der Waals surface area contributed by atoms with Crippen LogP contribution in [0, 0.1) is 4.77 Å². The lowest BCUT2D eigenvalue weighted by Gasteiger charge is -2.17. The maximum atomic E-state index is 12.0. The molecule has 5 N–H and O–H groups in total. The Morgan fingerprint density at radius 1 is 1.27 bits per heavy atom. The number of halogens is 3. The Morgan fingerprint density at radius 2 is 1.88 bits per heavy atom. The van der Waals surface area contributed by atoms with Gasteiger partial charge >= 0.3 is 12.1 Å². The summed E-state index contributed by atoms with van der Waals surface area (Å²) >= 11 is 5.31. The van der Waals surface area contributed by atoms with Gasteiger partial charge in [0.2, 0.25) is 5.91 Å². The van der Waals surface area contributed by atoms with Gasteiger partial charge < -0.3 is 30.2 Å². The molecule has 0 radical (unpaired) electrons. The van der Waals surface area contributed by atoms with Crippen molar-refractivity contribution in [1.29, 1.82) is 0 Å². The average molecular weight is 492 g/mol. The first-order chi connectivity index (χ1) is 15.3. The second-order valence-corrected chi connectivity index (χ2v) is 6.81. The summed E-state index contributed by atoms with van der Waals surface area (Å²) in [6.45, 7) is 2.55. The van der Waals surface area contributed by atoms with Gasteiger partial charge in [0.1, 0.15) is 11.5 Å². The van der Waals surface area contributed by atoms with Gasteiger partial charge in [-0.25, -0.2) is 4.79 Å². The highest BCUT2D eigenvalue weighted by Crippen LogP contribution is 2.32. The topological polar surface area (TPSA) is 149 Å². The molecule has 1 heterocycles. The number of carboxylic acid groups (broad SMARTS) is 1. The number of rotatable bonds is 8. The number of methoxy groups -OCH3 is 2. The van der Waals surface area contributed by atoms with E-state index >= 15 is 0 Å². The third-order valence-electron chi connectivity index (χ3n) is 4.17. The van der Waals surface area contributed by atoms with Crippen LogP contribution in [0.4, 0.5) is 13.2 Å². The Kier molecular flexibility index (Phi) is 10.1. The van der Waals surface area contributed by atoms with Crippen LogP contribution in [-0.4, -0.2) is 59.5 Å². The number of H-pyrrole nitrogens is 1. The fourth-order valence-corrected chi connectivity index (χ4v) is 2.76. The molecule has 0 fully saturated rings. The molecule has 14 heteroatoms. The van der Waals surface area contributed by atoms with Crippen molar-refractivity contribution in [1.82, 2.24) is 14.9 Å². The Hall–Kier alpha value is -3.39. The van der Waals surface area contributed by atoms with Crippen LogP contribution in [0.25, 0.3) is 11.3 Å². The van der Waals surface area contributed by atoms with Gasteiger partial charge in [0.15, 0.2) is 4.77 Å². The summed E-state index contributed by atoms with van der Waals surface area (Å²) in [5.41, 5.74) is 6.24. The molecule has 10 nitrogen and oxygen atoms in total. The van der Waals surface area contributed by atoms with Crippen LogP contribution in [0.15, 0.2) is 29.1 Å². The number of aliphatic carboxylic acids is 1. The number of amides is 1. The number of aromatic amines is 1. The summed E-state index contributed by atoms with van der Waals surface area (Å²) in [6, 6.07) is 6.30. The summed E-state index contributed by atoms with van der Waals surface area (Å²) in [7, 11) is 3.11. The van der Waals surface area contributed by atoms with E-state index in [1.165, 1.54) is 6.07 Å². The molecule has 0 aliphatic heterocycles. The average Bonchev–Trinajstić information content (AvgIpc) is 2.73. The molecule has 1 atom stereocenters. The monoisotopic (exact) mass is 492 g/mol. The number of carbonyl (C=O) groups is 2. The van der Waals surface area contributed by atoms with E-state index in [-0.39, 0.29) is 10.3 Å². The number of nitrogens with zero attached hydrogens (tertiary/aromatic N) is 1. The van der Waals surface area contributed by atoms with Crippen molar-refractivity contribution < 1.29 is 37.3 Å². The molecule has 1 amide bonds. The smallest absolute Gasteiger partial charge is 0.490 e. The minimum Gasteiger partial charge on any atom is -0.497 e. The van der Waals surface area contributed by atoms with Crippen molar-refractivity contribution in [3.8, 4) is 22.8 Å². The van der Waals surface area contributed by atoms with Crippen LogP contribution in [0.5, 0.6) is 11.5 Å². The highest BCUT2D eigenvalue weighted by atomic mass is 32.1. The molecule has 0 spiro atoms. The maximum absolute atomic E-state index is 12.0. The number of primary amides is 1. The lowest BCUT2D eigenvalue weighted by Crippen LogP contribution is -2.40. The van der Waals surface area contributed by atoms with E-state index in [2.05, 4.69) is 10.3 Å². The van der Waals surface area contributed by atoms with Crippen LogP contribution >= 0.6 is 12.2 Å². The molecule has 2 aromatic rings. The third kappa shape index (κ3) is 8.23. The number of carboxylic acids is 1. The zero-order valence-electron chi connectivity index (χ0n) is 17.9. The molecule has 0 saturated heterocycles. The highest BCUT2D eigenvalue weighted by Gasteiger charge is 2.38. The number of benzene rings is 1. The number of hydrogen-bond acceptors (Lipinski definition) is 7. The molecule has 0 bridgehead atoms. The van der Waals surface area contributed by atoms with Gasteiger partial charge in [0, 0.05) is 30.8 Å². The lowest BCUT2D eigenvalue weighted by molar-refractivity contribution is -0.192. The van der Waals surface area contributed by atoms with E-state index in [0.717, 1.165) is 0 Å². The molecule has 0 unspecified atom stereocenters. The molecule has 0 aliphatic carbocycles. The van der Waals surface area contributed by atoms with Gasteiger partial charge in [-0.15, -0.1) is 0 Å². The van der Waals surface area contributed by atoms with Crippen molar-refractivity contribution in [2.45, 2.75) is 25.7 Å².